The van der Waals surface area contributed by atoms with Gasteiger partial charge in [-0.15, -0.1) is 0 Å². The van der Waals surface area contributed by atoms with E-state index in [0.29, 0.717) is 46.9 Å². The van der Waals surface area contributed by atoms with Crippen molar-refractivity contribution in [3.63, 3.8) is 0 Å². The number of aryl methyl sites for hydroxylation is 1. The van der Waals surface area contributed by atoms with E-state index in [0.717, 1.165) is 10.4 Å². The first-order valence-corrected chi connectivity index (χ1v) is 11.7. The Kier molecular flexibility index (Phi) is 5.40. The van der Waals surface area contributed by atoms with Crippen LogP contribution in [0.1, 0.15) is 36.1 Å². The van der Waals surface area contributed by atoms with Gasteiger partial charge < -0.3 is 21.7 Å². The number of pyridine rings is 2. The highest BCUT2D eigenvalue weighted by molar-refractivity contribution is 7.07. The maximum atomic E-state index is 14.7. The fourth-order valence-electron chi connectivity index (χ4n) is 4.85. The predicted molar refractivity (Wildman–Crippen MR) is 129 cm³/mol. The molecule has 7 nitrogen and oxygen atoms in total. The molecule has 1 saturated carbocycles. The molecule has 33 heavy (non-hydrogen) atoms. The van der Waals surface area contributed by atoms with Crippen LogP contribution in [0.3, 0.4) is 0 Å². The SMILES string of the molecule is C[C@]1(CCc2cc(F)c3cc(Cl)c(N)nc3c2)C[C@@H](c2snc3c(N)ccnc23)[C@H](O)[C@@H]1O. The third-order valence-electron chi connectivity index (χ3n) is 6.81. The Morgan fingerprint density at radius 2 is 2.03 bits per heavy atom. The van der Waals surface area contributed by atoms with Crippen LogP contribution in [0.5, 0.6) is 0 Å². The van der Waals surface area contributed by atoms with E-state index in [1.165, 1.54) is 23.7 Å². The number of hydrogen-bond acceptors (Lipinski definition) is 8. The van der Waals surface area contributed by atoms with Crippen molar-refractivity contribution in [3.8, 4) is 0 Å². The number of rotatable bonds is 4. The third-order valence-corrected chi connectivity index (χ3v) is 8.08. The van der Waals surface area contributed by atoms with E-state index < -0.39 is 23.4 Å². The van der Waals surface area contributed by atoms with E-state index in [9.17, 15) is 14.6 Å². The summed E-state index contributed by atoms with van der Waals surface area (Å²) in [6.07, 6.45) is 1.30. The van der Waals surface area contributed by atoms with Crippen LogP contribution < -0.4 is 11.5 Å². The summed E-state index contributed by atoms with van der Waals surface area (Å²) in [4.78, 5) is 9.42. The van der Waals surface area contributed by atoms with Crippen molar-refractivity contribution >= 4 is 56.6 Å². The fraction of sp³-hybridized carbons (Fsp3) is 0.348. The lowest BCUT2D eigenvalue weighted by Crippen LogP contribution is -2.34. The number of benzene rings is 1. The van der Waals surface area contributed by atoms with Crippen LogP contribution in [0, 0.1) is 11.2 Å². The second kappa shape index (κ2) is 8.02. The number of hydrogen-bond donors (Lipinski definition) is 4. The molecule has 10 heteroatoms. The number of nitrogen functional groups attached to an aromatic ring is 2. The molecule has 4 aromatic rings. The zero-order valence-corrected chi connectivity index (χ0v) is 19.4. The molecule has 172 valence electrons. The summed E-state index contributed by atoms with van der Waals surface area (Å²) in [6, 6.07) is 6.40. The van der Waals surface area contributed by atoms with Crippen molar-refractivity contribution in [1.29, 1.82) is 0 Å². The molecule has 1 aliphatic carbocycles. The summed E-state index contributed by atoms with van der Waals surface area (Å²) in [7, 11) is 0. The van der Waals surface area contributed by atoms with Crippen molar-refractivity contribution in [1.82, 2.24) is 14.3 Å². The molecular formula is C23H23ClFN5O2S. The van der Waals surface area contributed by atoms with Gasteiger partial charge in [0, 0.05) is 17.5 Å². The van der Waals surface area contributed by atoms with Crippen LogP contribution in [0.15, 0.2) is 30.5 Å². The van der Waals surface area contributed by atoms with Crippen molar-refractivity contribution in [2.45, 2.75) is 44.3 Å². The van der Waals surface area contributed by atoms with Gasteiger partial charge in [0.15, 0.2) is 0 Å². The number of aliphatic hydroxyl groups excluding tert-OH is 2. The van der Waals surface area contributed by atoms with Gasteiger partial charge in [-0.3, -0.25) is 4.98 Å². The minimum atomic E-state index is -0.959. The molecule has 1 fully saturated rings. The molecule has 0 saturated heterocycles. The molecule has 6 N–H and O–H groups in total. The molecular weight excluding hydrogens is 465 g/mol. The first kappa shape index (κ1) is 22.2. The fourth-order valence-corrected chi connectivity index (χ4v) is 5.98. The molecule has 0 spiro atoms. The minimum absolute atomic E-state index is 0.149. The quantitative estimate of drug-likeness (QED) is 0.341. The zero-order chi connectivity index (χ0) is 23.5. The Bertz CT molecular complexity index is 1380. The average Bonchev–Trinajstić information content (AvgIpc) is 3.30. The highest BCUT2D eigenvalue weighted by Gasteiger charge is 2.50. The number of nitrogens with two attached hydrogens (primary N) is 2. The monoisotopic (exact) mass is 487 g/mol. The molecule has 4 atom stereocenters. The lowest BCUT2D eigenvalue weighted by Gasteiger charge is -2.28. The first-order valence-electron chi connectivity index (χ1n) is 10.6. The molecule has 1 aromatic carbocycles. The molecule has 5 rings (SSSR count). The third kappa shape index (κ3) is 3.69. The lowest BCUT2D eigenvalue weighted by molar-refractivity contribution is -0.0200. The van der Waals surface area contributed by atoms with Crippen molar-refractivity contribution in [2.75, 3.05) is 11.5 Å². The van der Waals surface area contributed by atoms with Gasteiger partial charge in [0.1, 0.15) is 22.7 Å². The summed E-state index contributed by atoms with van der Waals surface area (Å²) >= 11 is 7.23. The highest BCUT2D eigenvalue weighted by atomic mass is 35.5. The Labute approximate surface area is 198 Å². The van der Waals surface area contributed by atoms with Crippen LogP contribution >= 0.6 is 23.1 Å². The van der Waals surface area contributed by atoms with Crippen LogP contribution in [0.25, 0.3) is 21.9 Å². The Morgan fingerprint density at radius 1 is 1.24 bits per heavy atom. The number of halogens is 2. The second-order valence-electron chi connectivity index (χ2n) is 9.04. The predicted octanol–water partition coefficient (Wildman–Crippen LogP) is 4.04. The Balaban J connectivity index is 1.40. The van der Waals surface area contributed by atoms with Gasteiger partial charge >= 0.3 is 0 Å². The summed E-state index contributed by atoms with van der Waals surface area (Å²) in [5.41, 5.74) is 14.2. The molecule has 0 amide bonds. The minimum Gasteiger partial charge on any atom is -0.397 e. The Hall–Kier alpha value is -2.59. The van der Waals surface area contributed by atoms with Crippen molar-refractivity contribution in [3.05, 3.63) is 51.7 Å². The van der Waals surface area contributed by atoms with Gasteiger partial charge in [-0.2, -0.15) is 4.37 Å². The van der Waals surface area contributed by atoms with Gasteiger partial charge in [0.05, 0.1) is 33.3 Å². The van der Waals surface area contributed by atoms with Gasteiger partial charge in [-0.25, -0.2) is 9.37 Å². The van der Waals surface area contributed by atoms with Crippen LogP contribution in [0.4, 0.5) is 15.9 Å². The molecule has 0 radical (unpaired) electrons. The Morgan fingerprint density at radius 3 is 2.82 bits per heavy atom. The maximum absolute atomic E-state index is 14.7. The van der Waals surface area contributed by atoms with Gasteiger partial charge in [-0.1, -0.05) is 18.5 Å². The summed E-state index contributed by atoms with van der Waals surface area (Å²) in [5.74, 6) is -0.589. The number of fused-ring (bicyclic) bond motifs is 2. The highest BCUT2D eigenvalue weighted by Crippen LogP contribution is 2.51. The van der Waals surface area contributed by atoms with E-state index in [1.54, 1.807) is 18.3 Å². The largest absolute Gasteiger partial charge is 0.397 e. The van der Waals surface area contributed by atoms with Crippen molar-refractivity contribution < 1.29 is 14.6 Å². The maximum Gasteiger partial charge on any atom is 0.142 e. The number of aromatic nitrogens is 3. The van der Waals surface area contributed by atoms with Gasteiger partial charge in [0.2, 0.25) is 0 Å². The second-order valence-corrected chi connectivity index (χ2v) is 10.3. The van der Waals surface area contributed by atoms with E-state index in [-0.39, 0.29) is 16.8 Å². The molecule has 0 aliphatic heterocycles. The van der Waals surface area contributed by atoms with Crippen LogP contribution in [-0.2, 0) is 6.42 Å². The molecule has 0 bridgehead atoms. The van der Waals surface area contributed by atoms with E-state index >= 15 is 0 Å². The number of nitrogens with zero attached hydrogens (tertiary/aromatic N) is 3. The topological polar surface area (TPSA) is 131 Å². The average molecular weight is 488 g/mol. The molecule has 0 unspecified atom stereocenters. The summed E-state index contributed by atoms with van der Waals surface area (Å²) in [5, 5.41) is 22.4. The van der Waals surface area contributed by atoms with Crippen LogP contribution in [0.2, 0.25) is 5.02 Å². The van der Waals surface area contributed by atoms with E-state index in [1.807, 2.05) is 6.92 Å². The summed E-state index contributed by atoms with van der Waals surface area (Å²) < 4.78 is 19.1. The molecule has 1 aliphatic rings. The zero-order valence-electron chi connectivity index (χ0n) is 17.8. The first-order chi connectivity index (χ1) is 15.7. The molecule has 3 heterocycles. The normalized spacial score (nSPS) is 25.3. The lowest BCUT2D eigenvalue weighted by atomic mass is 9.80. The number of anilines is 2. The summed E-state index contributed by atoms with van der Waals surface area (Å²) in [6.45, 7) is 1.94. The van der Waals surface area contributed by atoms with Crippen LogP contribution in [-0.4, -0.2) is 36.8 Å². The molecule has 3 aromatic heterocycles. The van der Waals surface area contributed by atoms with Crippen molar-refractivity contribution in [2.24, 2.45) is 5.41 Å². The van der Waals surface area contributed by atoms with Gasteiger partial charge in [0.25, 0.3) is 0 Å². The van der Waals surface area contributed by atoms with E-state index in [4.69, 9.17) is 23.1 Å². The standard InChI is InChI=1S/C23H23ClFN5O2S/c1-23(4-2-10-6-14(25)11-8-13(24)22(27)29-16(11)7-10)9-12(19(31)21(23)32)20-18-17(30-33-20)15(26)3-5-28-18/h3,5-8,12,19,21,31-32H,2,4,9,26H2,1H3,(H2,27,29)/t12-,19+,21+,23+/m1/s1. The van der Waals surface area contributed by atoms with Gasteiger partial charge in [-0.05, 0) is 66.0 Å². The smallest absolute Gasteiger partial charge is 0.142 e. The number of aliphatic hydroxyl groups is 2. The van der Waals surface area contributed by atoms with E-state index in [2.05, 4.69) is 14.3 Å².